The lowest BCUT2D eigenvalue weighted by Crippen LogP contribution is -2.20. The summed E-state index contributed by atoms with van der Waals surface area (Å²) < 4.78 is 34.3. The van der Waals surface area contributed by atoms with Crippen molar-refractivity contribution in [2.24, 2.45) is 0 Å². The molecular weight excluding hydrogens is 396 g/mol. The highest BCUT2D eigenvalue weighted by atomic mass is 79.9. The van der Waals surface area contributed by atoms with Gasteiger partial charge in [-0.15, -0.1) is 0 Å². The van der Waals surface area contributed by atoms with E-state index in [0.29, 0.717) is 20.9 Å². The SMILES string of the molecule is O=C(COc1ccc(Cl)cc1Br)Nc1ccc(OC(F)F)cc1. The van der Waals surface area contributed by atoms with Crippen molar-refractivity contribution >= 4 is 39.1 Å². The van der Waals surface area contributed by atoms with Crippen molar-refractivity contribution in [2.75, 3.05) is 11.9 Å². The fourth-order valence-corrected chi connectivity index (χ4v) is 2.45. The fourth-order valence-electron chi connectivity index (χ4n) is 1.65. The number of benzene rings is 2. The maximum atomic E-state index is 12.0. The molecule has 23 heavy (non-hydrogen) atoms. The number of anilines is 1. The van der Waals surface area contributed by atoms with Crippen molar-refractivity contribution in [3.05, 3.63) is 52.0 Å². The van der Waals surface area contributed by atoms with Crippen LogP contribution in [0.15, 0.2) is 46.9 Å². The molecule has 122 valence electrons. The molecule has 0 aromatic heterocycles. The van der Waals surface area contributed by atoms with Crippen LogP contribution in [0.1, 0.15) is 0 Å². The molecule has 0 bridgehead atoms. The third-order valence-electron chi connectivity index (χ3n) is 2.62. The second-order valence-corrected chi connectivity index (χ2v) is 5.61. The highest BCUT2D eigenvalue weighted by molar-refractivity contribution is 9.10. The Bertz CT molecular complexity index is 683. The molecule has 8 heteroatoms. The highest BCUT2D eigenvalue weighted by Crippen LogP contribution is 2.28. The van der Waals surface area contributed by atoms with Gasteiger partial charge in [-0.1, -0.05) is 11.6 Å². The van der Waals surface area contributed by atoms with Crippen LogP contribution in [0.5, 0.6) is 11.5 Å². The summed E-state index contributed by atoms with van der Waals surface area (Å²) in [5, 5.41) is 3.12. The van der Waals surface area contributed by atoms with E-state index < -0.39 is 12.5 Å². The Morgan fingerprint density at radius 2 is 1.91 bits per heavy atom. The van der Waals surface area contributed by atoms with Crippen molar-refractivity contribution in [1.82, 2.24) is 0 Å². The first kappa shape index (κ1) is 17.5. The quantitative estimate of drug-likeness (QED) is 0.755. The molecule has 0 saturated heterocycles. The molecule has 2 aromatic rings. The minimum absolute atomic E-state index is 0.0133. The molecule has 0 saturated carbocycles. The Kier molecular flexibility index (Phi) is 6.18. The Hall–Kier alpha value is -1.86. The van der Waals surface area contributed by atoms with Crippen LogP contribution in [0.3, 0.4) is 0 Å². The largest absolute Gasteiger partial charge is 0.483 e. The number of halogens is 4. The molecule has 4 nitrogen and oxygen atoms in total. The van der Waals surface area contributed by atoms with Crippen molar-refractivity contribution in [3.63, 3.8) is 0 Å². The standard InChI is InChI=1S/C15H11BrClF2NO3/c16-12-7-9(17)1-6-13(12)22-8-14(21)20-10-2-4-11(5-3-10)23-15(18)19/h1-7,15H,8H2,(H,20,21). The fraction of sp³-hybridized carbons (Fsp3) is 0.133. The van der Waals surface area contributed by atoms with Gasteiger partial charge in [-0.05, 0) is 58.4 Å². The van der Waals surface area contributed by atoms with Crippen molar-refractivity contribution in [2.45, 2.75) is 6.61 Å². The van der Waals surface area contributed by atoms with E-state index in [4.69, 9.17) is 16.3 Å². The number of alkyl halides is 2. The van der Waals surface area contributed by atoms with Crippen LogP contribution in [-0.4, -0.2) is 19.1 Å². The predicted octanol–water partition coefficient (Wildman–Crippen LogP) is 4.72. The van der Waals surface area contributed by atoms with E-state index in [2.05, 4.69) is 26.0 Å². The Morgan fingerprint density at radius 3 is 2.52 bits per heavy atom. The first-order chi connectivity index (χ1) is 10.9. The van der Waals surface area contributed by atoms with E-state index in [0.717, 1.165) is 0 Å². The van der Waals surface area contributed by atoms with Gasteiger partial charge in [0.1, 0.15) is 11.5 Å². The van der Waals surface area contributed by atoms with Gasteiger partial charge in [0.15, 0.2) is 6.61 Å². The summed E-state index contributed by atoms with van der Waals surface area (Å²) in [6.07, 6.45) is 0. The van der Waals surface area contributed by atoms with Gasteiger partial charge in [0.2, 0.25) is 0 Å². The van der Waals surface area contributed by atoms with Crippen LogP contribution in [0, 0.1) is 0 Å². The molecule has 1 amide bonds. The molecule has 0 unspecified atom stereocenters. The van der Waals surface area contributed by atoms with E-state index >= 15 is 0 Å². The number of ether oxygens (including phenoxy) is 2. The van der Waals surface area contributed by atoms with E-state index in [1.165, 1.54) is 24.3 Å². The van der Waals surface area contributed by atoms with Gasteiger partial charge < -0.3 is 14.8 Å². The van der Waals surface area contributed by atoms with Gasteiger partial charge in [0.05, 0.1) is 4.47 Å². The third-order valence-corrected chi connectivity index (χ3v) is 3.47. The first-order valence-corrected chi connectivity index (χ1v) is 7.54. The van der Waals surface area contributed by atoms with Crippen LogP contribution < -0.4 is 14.8 Å². The molecule has 0 heterocycles. The minimum Gasteiger partial charge on any atom is -0.483 e. The normalized spacial score (nSPS) is 10.5. The summed E-state index contributed by atoms with van der Waals surface area (Å²) in [6.45, 7) is -3.10. The second-order valence-electron chi connectivity index (χ2n) is 4.31. The lowest BCUT2D eigenvalue weighted by atomic mass is 10.3. The van der Waals surface area contributed by atoms with Crippen molar-refractivity contribution in [3.8, 4) is 11.5 Å². The maximum absolute atomic E-state index is 12.0. The molecule has 2 rings (SSSR count). The maximum Gasteiger partial charge on any atom is 0.387 e. The van der Waals surface area contributed by atoms with E-state index in [9.17, 15) is 13.6 Å². The lowest BCUT2D eigenvalue weighted by Gasteiger charge is -2.10. The number of hydrogen-bond donors (Lipinski definition) is 1. The molecule has 2 aromatic carbocycles. The number of hydrogen-bond acceptors (Lipinski definition) is 3. The molecule has 0 aliphatic heterocycles. The van der Waals surface area contributed by atoms with Crippen LogP contribution in [-0.2, 0) is 4.79 Å². The van der Waals surface area contributed by atoms with Crippen LogP contribution >= 0.6 is 27.5 Å². The summed E-state index contributed by atoms with van der Waals surface area (Å²) in [6, 6.07) is 10.5. The zero-order chi connectivity index (χ0) is 16.8. The van der Waals surface area contributed by atoms with Gasteiger partial charge in [-0.25, -0.2) is 0 Å². The zero-order valence-electron chi connectivity index (χ0n) is 11.6. The highest BCUT2D eigenvalue weighted by Gasteiger charge is 2.08. The van der Waals surface area contributed by atoms with E-state index in [1.807, 2.05) is 0 Å². The number of nitrogens with one attached hydrogen (secondary N) is 1. The monoisotopic (exact) mass is 405 g/mol. The molecule has 0 spiro atoms. The summed E-state index contributed by atoms with van der Waals surface area (Å²) in [5.41, 5.74) is 0.440. The van der Waals surface area contributed by atoms with Crippen LogP contribution in [0.25, 0.3) is 0 Å². The van der Waals surface area contributed by atoms with Crippen molar-refractivity contribution in [1.29, 1.82) is 0 Å². The lowest BCUT2D eigenvalue weighted by molar-refractivity contribution is -0.118. The smallest absolute Gasteiger partial charge is 0.387 e. The summed E-state index contributed by atoms with van der Waals surface area (Å²) in [4.78, 5) is 11.8. The van der Waals surface area contributed by atoms with Gasteiger partial charge in [-0.2, -0.15) is 8.78 Å². The average molecular weight is 407 g/mol. The molecule has 0 atom stereocenters. The van der Waals surface area contributed by atoms with Crippen LogP contribution in [0.2, 0.25) is 5.02 Å². The Labute approximate surface area is 144 Å². The van der Waals surface area contributed by atoms with Gasteiger partial charge in [0, 0.05) is 10.7 Å². The molecule has 0 aliphatic rings. The minimum atomic E-state index is -2.89. The molecule has 1 N–H and O–H groups in total. The van der Waals surface area contributed by atoms with Crippen molar-refractivity contribution < 1.29 is 23.0 Å². The topological polar surface area (TPSA) is 47.6 Å². The van der Waals surface area contributed by atoms with E-state index in [-0.39, 0.29) is 12.4 Å². The Balaban J connectivity index is 1.87. The van der Waals surface area contributed by atoms with Gasteiger partial charge >= 0.3 is 6.61 Å². The van der Waals surface area contributed by atoms with E-state index in [1.54, 1.807) is 18.2 Å². The summed E-state index contributed by atoms with van der Waals surface area (Å²) in [5.74, 6) is 0.0963. The number of amides is 1. The molecule has 0 radical (unpaired) electrons. The number of carbonyl (C=O) groups excluding carboxylic acids is 1. The van der Waals surface area contributed by atoms with Gasteiger partial charge in [-0.3, -0.25) is 4.79 Å². The first-order valence-electron chi connectivity index (χ1n) is 6.36. The zero-order valence-corrected chi connectivity index (χ0v) is 13.9. The predicted molar refractivity (Wildman–Crippen MR) is 86.4 cm³/mol. The third kappa shape index (κ3) is 5.69. The summed E-state index contributed by atoms with van der Waals surface area (Å²) in [7, 11) is 0. The molecule has 0 fully saturated rings. The number of carbonyl (C=O) groups is 1. The Morgan fingerprint density at radius 1 is 1.22 bits per heavy atom. The molecular formula is C15H11BrClF2NO3. The second kappa shape index (κ2) is 8.12. The van der Waals surface area contributed by atoms with Gasteiger partial charge in [0.25, 0.3) is 5.91 Å². The average Bonchev–Trinajstić information content (AvgIpc) is 2.48. The summed E-state index contributed by atoms with van der Waals surface area (Å²) >= 11 is 9.08. The molecule has 0 aliphatic carbocycles. The van der Waals surface area contributed by atoms with Crippen LogP contribution in [0.4, 0.5) is 14.5 Å². The number of rotatable bonds is 6.